The summed E-state index contributed by atoms with van der Waals surface area (Å²) in [5.74, 6) is 0.260. The van der Waals surface area contributed by atoms with Crippen LogP contribution in [0, 0.1) is 0 Å². The van der Waals surface area contributed by atoms with Gasteiger partial charge in [-0.3, -0.25) is 4.79 Å². The van der Waals surface area contributed by atoms with Crippen LogP contribution in [0.4, 0.5) is 0 Å². The molecule has 19 heavy (non-hydrogen) atoms. The molecule has 1 aromatic rings. The molecule has 1 aliphatic rings. The predicted octanol–water partition coefficient (Wildman–Crippen LogP) is 2.59. The van der Waals surface area contributed by atoms with Gasteiger partial charge in [-0.25, -0.2) is 0 Å². The van der Waals surface area contributed by atoms with Gasteiger partial charge >= 0.3 is 0 Å². The number of carbonyl (C=O) groups excluding carboxylic acids is 1. The molecule has 0 aliphatic carbocycles. The lowest BCUT2D eigenvalue weighted by atomic mass is 10.1. The molecule has 0 radical (unpaired) electrons. The van der Waals surface area contributed by atoms with Crippen LogP contribution in [0.1, 0.15) is 25.8 Å². The molecule has 1 aromatic carbocycles. The molecule has 0 saturated carbocycles. The largest absolute Gasteiger partial charge is 0.340 e. The van der Waals surface area contributed by atoms with Crippen molar-refractivity contribution in [2.45, 2.75) is 38.8 Å². The lowest BCUT2D eigenvalue weighted by molar-refractivity contribution is -0.132. The fourth-order valence-corrected chi connectivity index (χ4v) is 3.11. The van der Waals surface area contributed by atoms with E-state index in [1.165, 1.54) is 5.56 Å². The number of aryl methyl sites for hydroxylation is 1. The third-order valence-corrected chi connectivity index (χ3v) is 4.25. The number of benzene rings is 1. The second kappa shape index (κ2) is 6.53. The van der Waals surface area contributed by atoms with Crippen LogP contribution in [0.2, 0.25) is 0 Å². The Hall–Kier alpha value is -0.870. The number of rotatable bonds is 3. The van der Waals surface area contributed by atoms with Gasteiger partial charge in [-0.2, -0.15) is 0 Å². The van der Waals surface area contributed by atoms with E-state index in [1.54, 1.807) is 0 Å². The van der Waals surface area contributed by atoms with E-state index in [2.05, 4.69) is 41.2 Å². The summed E-state index contributed by atoms with van der Waals surface area (Å²) in [6.45, 7) is 5.89. The number of hydrogen-bond donors (Lipinski definition) is 1. The van der Waals surface area contributed by atoms with Crippen molar-refractivity contribution in [2.24, 2.45) is 0 Å². The van der Waals surface area contributed by atoms with Gasteiger partial charge in [-0.05, 0) is 31.9 Å². The molecular weight excluding hydrogens is 304 g/mol. The first-order chi connectivity index (χ1) is 9.06. The Morgan fingerprint density at radius 1 is 1.32 bits per heavy atom. The highest BCUT2D eigenvalue weighted by molar-refractivity contribution is 9.10. The van der Waals surface area contributed by atoms with Crippen LogP contribution in [0.3, 0.4) is 0 Å². The minimum absolute atomic E-state index is 0.260. The monoisotopic (exact) mass is 324 g/mol. The van der Waals surface area contributed by atoms with E-state index < -0.39 is 0 Å². The highest BCUT2D eigenvalue weighted by Gasteiger charge is 2.24. The predicted molar refractivity (Wildman–Crippen MR) is 81.1 cm³/mol. The topological polar surface area (TPSA) is 32.3 Å². The van der Waals surface area contributed by atoms with Gasteiger partial charge in [0.25, 0.3) is 0 Å². The van der Waals surface area contributed by atoms with Gasteiger partial charge in [0.2, 0.25) is 5.91 Å². The third-order valence-electron chi connectivity index (χ3n) is 3.48. The lowest BCUT2D eigenvalue weighted by Crippen LogP contribution is -2.55. The Balaban J connectivity index is 1.89. The van der Waals surface area contributed by atoms with E-state index in [4.69, 9.17) is 0 Å². The van der Waals surface area contributed by atoms with Crippen LogP contribution >= 0.6 is 15.9 Å². The first-order valence-electron chi connectivity index (χ1n) is 6.83. The summed E-state index contributed by atoms with van der Waals surface area (Å²) in [7, 11) is 0. The average Bonchev–Trinajstić information content (AvgIpc) is 2.36. The van der Waals surface area contributed by atoms with Crippen molar-refractivity contribution in [3.8, 4) is 0 Å². The molecule has 0 unspecified atom stereocenters. The molecule has 1 N–H and O–H groups in total. The molecule has 1 amide bonds. The van der Waals surface area contributed by atoms with E-state index in [9.17, 15) is 4.79 Å². The normalized spacial score (nSPS) is 23.4. The van der Waals surface area contributed by atoms with Gasteiger partial charge in [0.05, 0.1) is 0 Å². The first-order valence-corrected chi connectivity index (χ1v) is 7.63. The molecule has 3 nitrogen and oxygen atoms in total. The Bertz CT molecular complexity index is 440. The minimum atomic E-state index is 0.260. The standard InChI is InChI=1S/C15H21BrN2O/c1-11-9-18(10-12(2)17-11)15(19)8-7-13-5-3-4-6-14(13)16/h3-6,11-12,17H,7-10H2,1-2H3/t11-,12-/m0/s1. The summed E-state index contributed by atoms with van der Waals surface area (Å²) in [4.78, 5) is 14.2. The van der Waals surface area contributed by atoms with Gasteiger partial charge in [-0.15, -0.1) is 0 Å². The van der Waals surface area contributed by atoms with Crippen LogP contribution in [0.25, 0.3) is 0 Å². The minimum Gasteiger partial charge on any atom is -0.340 e. The van der Waals surface area contributed by atoms with Crippen molar-refractivity contribution < 1.29 is 4.79 Å². The summed E-state index contributed by atoms with van der Waals surface area (Å²) in [5.41, 5.74) is 1.20. The number of halogens is 1. The van der Waals surface area contributed by atoms with Gasteiger partial charge in [-0.1, -0.05) is 34.1 Å². The van der Waals surface area contributed by atoms with E-state index in [0.717, 1.165) is 24.0 Å². The highest BCUT2D eigenvalue weighted by atomic mass is 79.9. The Morgan fingerprint density at radius 3 is 2.58 bits per heavy atom. The number of carbonyl (C=O) groups is 1. The fraction of sp³-hybridized carbons (Fsp3) is 0.533. The molecular formula is C15H21BrN2O. The molecule has 0 aromatic heterocycles. The van der Waals surface area contributed by atoms with Gasteiger partial charge in [0, 0.05) is 36.1 Å². The SMILES string of the molecule is C[C@H]1CN(C(=O)CCc2ccccc2Br)C[C@H](C)N1. The molecule has 0 spiro atoms. The van der Waals surface area contributed by atoms with Crippen molar-refractivity contribution >= 4 is 21.8 Å². The summed E-state index contributed by atoms with van der Waals surface area (Å²) in [6.07, 6.45) is 1.38. The quantitative estimate of drug-likeness (QED) is 0.926. The average molecular weight is 325 g/mol. The Labute approximate surface area is 123 Å². The maximum absolute atomic E-state index is 12.3. The van der Waals surface area contributed by atoms with Gasteiger partial charge in [0.1, 0.15) is 0 Å². The second-order valence-corrected chi connectivity index (χ2v) is 6.21. The lowest BCUT2D eigenvalue weighted by Gasteiger charge is -2.36. The molecule has 0 bridgehead atoms. The highest BCUT2D eigenvalue weighted by Crippen LogP contribution is 2.18. The van der Waals surface area contributed by atoms with E-state index >= 15 is 0 Å². The summed E-state index contributed by atoms with van der Waals surface area (Å²) >= 11 is 3.53. The molecule has 1 aliphatic heterocycles. The van der Waals surface area contributed by atoms with E-state index in [0.29, 0.717) is 18.5 Å². The second-order valence-electron chi connectivity index (χ2n) is 5.36. The summed E-state index contributed by atoms with van der Waals surface area (Å²) < 4.78 is 1.09. The van der Waals surface area contributed by atoms with Crippen molar-refractivity contribution in [1.82, 2.24) is 10.2 Å². The molecule has 104 valence electrons. The zero-order valence-corrected chi connectivity index (χ0v) is 13.1. The summed E-state index contributed by atoms with van der Waals surface area (Å²) in [6, 6.07) is 8.87. The number of nitrogens with one attached hydrogen (secondary N) is 1. The van der Waals surface area contributed by atoms with E-state index in [-0.39, 0.29) is 5.91 Å². The Morgan fingerprint density at radius 2 is 1.95 bits per heavy atom. The van der Waals surface area contributed by atoms with Gasteiger partial charge in [0.15, 0.2) is 0 Å². The van der Waals surface area contributed by atoms with Gasteiger partial charge < -0.3 is 10.2 Å². The first kappa shape index (κ1) is 14.5. The molecule has 4 heteroatoms. The van der Waals surface area contributed by atoms with Crippen molar-refractivity contribution in [3.05, 3.63) is 34.3 Å². The van der Waals surface area contributed by atoms with Crippen molar-refractivity contribution in [1.29, 1.82) is 0 Å². The van der Waals surface area contributed by atoms with Crippen LogP contribution in [0.15, 0.2) is 28.7 Å². The molecule has 1 saturated heterocycles. The maximum Gasteiger partial charge on any atom is 0.223 e. The van der Waals surface area contributed by atoms with E-state index in [1.807, 2.05) is 23.1 Å². The van der Waals surface area contributed by atoms with Crippen LogP contribution in [-0.2, 0) is 11.2 Å². The third kappa shape index (κ3) is 4.05. The van der Waals surface area contributed by atoms with Crippen molar-refractivity contribution in [2.75, 3.05) is 13.1 Å². The van der Waals surface area contributed by atoms with Crippen molar-refractivity contribution in [3.63, 3.8) is 0 Å². The fourth-order valence-electron chi connectivity index (χ4n) is 2.63. The Kier molecular flexibility index (Phi) is 4.99. The molecule has 1 heterocycles. The molecule has 2 rings (SSSR count). The van der Waals surface area contributed by atoms with Crippen LogP contribution in [-0.4, -0.2) is 36.0 Å². The maximum atomic E-state index is 12.3. The van der Waals surface area contributed by atoms with Crippen LogP contribution < -0.4 is 5.32 Å². The number of amides is 1. The number of hydrogen-bond acceptors (Lipinski definition) is 2. The number of piperazine rings is 1. The number of nitrogens with zero attached hydrogens (tertiary/aromatic N) is 1. The molecule has 2 atom stereocenters. The zero-order valence-electron chi connectivity index (χ0n) is 11.5. The van der Waals surface area contributed by atoms with Crippen LogP contribution in [0.5, 0.6) is 0 Å². The smallest absolute Gasteiger partial charge is 0.223 e. The molecule has 1 fully saturated rings. The summed E-state index contributed by atoms with van der Waals surface area (Å²) in [5, 5.41) is 3.45. The zero-order chi connectivity index (χ0) is 13.8.